The number of fused-ring (bicyclic) bond motifs is 1. The van der Waals surface area contributed by atoms with E-state index in [9.17, 15) is 5.11 Å². The van der Waals surface area contributed by atoms with Gasteiger partial charge in [0, 0.05) is 18.9 Å². The number of likely N-dealkylation sites (tertiary alicyclic amines) is 1. The van der Waals surface area contributed by atoms with Crippen molar-refractivity contribution >= 4 is 0 Å². The van der Waals surface area contributed by atoms with Crippen molar-refractivity contribution in [2.75, 3.05) is 13.1 Å². The van der Waals surface area contributed by atoms with Crippen LogP contribution in [0.4, 0.5) is 0 Å². The molecule has 0 spiro atoms. The van der Waals surface area contributed by atoms with Gasteiger partial charge in [0.15, 0.2) is 5.82 Å². The first-order valence-corrected chi connectivity index (χ1v) is 7.11. The maximum absolute atomic E-state index is 9.63. The summed E-state index contributed by atoms with van der Waals surface area (Å²) in [5.74, 6) is 2.01. The van der Waals surface area contributed by atoms with Gasteiger partial charge in [0.05, 0.1) is 12.6 Å². The SMILES string of the molecule is CCN1CCCC1Cc1nc2n(n1)CC(O)CC2. The summed E-state index contributed by atoms with van der Waals surface area (Å²) in [4.78, 5) is 7.15. The van der Waals surface area contributed by atoms with Gasteiger partial charge in [-0.2, -0.15) is 5.10 Å². The van der Waals surface area contributed by atoms with Gasteiger partial charge in [0.25, 0.3) is 0 Å². The Balaban J connectivity index is 1.70. The largest absolute Gasteiger partial charge is 0.391 e. The van der Waals surface area contributed by atoms with Gasteiger partial charge in [-0.1, -0.05) is 6.92 Å². The third-order valence-electron chi connectivity index (χ3n) is 4.20. The van der Waals surface area contributed by atoms with Crippen molar-refractivity contribution in [2.24, 2.45) is 0 Å². The quantitative estimate of drug-likeness (QED) is 0.854. The Morgan fingerprint density at radius 2 is 2.28 bits per heavy atom. The molecule has 1 aromatic rings. The van der Waals surface area contributed by atoms with Crippen LogP contribution in [0.1, 0.15) is 37.8 Å². The van der Waals surface area contributed by atoms with Crippen molar-refractivity contribution in [2.45, 2.75) is 57.7 Å². The summed E-state index contributed by atoms with van der Waals surface area (Å²) < 4.78 is 1.90. The highest BCUT2D eigenvalue weighted by molar-refractivity contribution is 5.00. The average molecular weight is 250 g/mol. The van der Waals surface area contributed by atoms with Gasteiger partial charge in [0.2, 0.25) is 0 Å². The number of aliphatic hydroxyl groups is 1. The predicted molar refractivity (Wildman–Crippen MR) is 68.3 cm³/mol. The van der Waals surface area contributed by atoms with Crippen LogP contribution in [0, 0.1) is 0 Å². The Kier molecular flexibility index (Phi) is 3.35. The molecule has 2 aliphatic heterocycles. The molecule has 1 aromatic heterocycles. The molecule has 100 valence electrons. The Bertz CT molecular complexity index is 417. The summed E-state index contributed by atoms with van der Waals surface area (Å²) >= 11 is 0. The molecule has 1 N–H and O–H groups in total. The van der Waals surface area contributed by atoms with Gasteiger partial charge in [-0.3, -0.25) is 0 Å². The zero-order chi connectivity index (χ0) is 12.5. The number of likely N-dealkylation sites (N-methyl/N-ethyl adjacent to an activating group) is 1. The minimum atomic E-state index is -0.245. The van der Waals surface area contributed by atoms with Crippen LogP contribution in [0.5, 0.6) is 0 Å². The predicted octanol–water partition coefficient (Wildman–Crippen LogP) is 0.612. The van der Waals surface area contributed by atoms with Crippen molar-refractivity contribution in [3.63, 3.8) is 0 Å². The van der Waals surface area contributed by atoms with Crippen LogP contribution in [0.3, 0.4) is 0 Å². The van der Waals surface area contributed by atoms with Crippen LogP contribution in [0.15, 0.2) is 0 Å². The molecule has 1 fully saturated rings. The van der Waals surface area contributed by atoms with Crippen molar-refractivity contribution in [1.29, 1.82) is 0 Å². The fraction of sp³-hybridized carbons (Fsp3) is 0.846. The number of hydrogen-bond acceptors (Lipinski definition) is 4. The molecular formula is C13H22N4O. The number of aryl methyl sites for hydroxylation is 1. The first kappa shape index (κ1) is 12.1. The summed E-state index contributed by atoms with van der Waals surface area (Å²) in [6, 6.07) is 0.615. The first-order valence-electron chi connectivity index (χ1n) is 7.11. The van der Waals surface area contributed by atoms with Gasteiger partial charge in [-0.15, -0.1) is 0 Å². The molecule has 0 radical (unpaired) electrons. The van der Waals surface area contributed by atoms with Gasteiger partial charge in [0.1, 0.15) is 5.82 Å². The lowest BCUT2D eigenvalue weighted by Gasteiger charge is -2.21. The second-order valence-electron chi connectivity index (χ2n) is 5.45. The number of nitrogens with zero attached hydrogens (tertiary/aromatic N) is 4. The van der Waals surface area contributed by atoms with Crippen LogP contribution in [-0.4, -0.2) is 50.0 Å². The zero-order valence-electron chi connectivity index (χ0n) is 11.0. The minimum Gasteiger partial charge on any atom is -0.391 e. The third kappa shape index (κ3) is 2.29. The second kappa shape index (κ2) is 4.97. The average Bonchev–Trinajstić information content (AvgIpc) is 2.94. The molecule has 2 unspecified atom stereocenters. The highest BCUT2D eigenvalue weighted by Crippen LogP contribution is 2.20. The minimum absolute atomic E-state index is 0.245. The fourth-order valence-electron chi connectivity index (χ4n) is 3.18. The Morgan fingerprint density at radius 1 is 1.39 bits per heavy atom. The molecule has 0 aromatic carbocycles. The standard InChI is InChI=1S/C13H22N4O/c1-2-16-7-3-4-10(16)8-12-14-13-6-5-11(18)9-17(13)15-12/h10-11,18H,2-9H2,1H3. The molecule has 1 saturated heterocycles. The van der Waals surface area contributed by atoms with Crippen LogP contribution in [-0.2, 0) is 19.4 Å². The highest BCUT2D eigenvalue weighted by Gasteiger charge is 2.26. The number of aliphatic hydroxyl groups excluding tert-OH is 1. The highest BCUT2D eigenvalue weighted by atomic mass is 16.3. The van der Waals surface area contributed by atoms with Crippen LogP contribution in [0.25, 0.3) is 0 Å². The lowest BCUT2D eigenvalue weighted by molar-refractivity contribution is 0.124. The molecule has 3 heterocycles. The molecule has 0 bridgehead atoms. The lowest BCUT2D eigenvalue weighted by Crippen LogP contribution is -2.31. The van der Waals surface area contributed by atoms with E-state index in [0.717, 1.165) is 37.5 Å². The molecule has 18 heavy (non-hydrogen) atoms. The van der Waals surface area contributed by atoms with E-state index in [1.807, 2.05) is 4.68 Å². The Hall–Kier alpha value is -0.940. The van der Waals surface area contributed by atoms with Gasteiger partial charge in [-0.25, -0.2) is 9.67 Å². The van der Waals surface area contributed by atoms with E-state index >= 15 is 0 Å². The Morgan fingerprint density at radius 3 is 3.11 bits per heavy atom. The molecule has 0 amide bonds. The van der Waals surface area contributed by atoms with Gasteiger partial charge in [-0.05, 0) is 32.4 Å². The summed E-state index contributed by atoms with van der Waals surface area (Å²) in [5, 5.41) is 14.2. The normalized spacial score (nSPS) is 28.6. The summed E-state index contributed by atoms with van der Waals surface area (Å²) in [5.41, 5.74) is 0. The topological polar surface area (TPSA) is 54.2 Å². The second-order valence-corrected chi connectivity index (χ2v) is 5.45. The number of aromatic nitrogens is 3. The van der Waals surface area contributed by atoms with Crippen molar-refractivity contribution in [3.8, 4) is 0 Å². The maximum atomic E-state index is 9.63. The van der Waals surface area contributed by atoms with Gasteiger partial charge >= 0.3 is 0 Å². The Labute approximate surface area is 108 Å². The summed E-state index contributed by atoms with van der Waals surface area (Å²) in [6.45, 7) is 5.18. The molecule has 5 heteroatoms. The smallest absolute Gasteiger partial charge is 0.152 e. The monoisotopic (exact) mass is 250 g/mol. The van der Waals surface area contributed by atoms with E-state index < -0.39 is 0 Å². The zero-order valence-corrected chi connectivity index (χ0v) is 11.0. The third-order valence-corrected chi connectivity index (χ3v) is 4.20. The van der Waals surface area contributed by atoms with E-state index in [0.29, 0.717) is 12.6 Å². The first-order chi connectivity index (χ1) is 8.76. The van der Waals surface area contributed by atoms with Gasteiger partial charge < -0.3 is 10.0 Å². The van der Waals surface area contributed by atoms with Crippen LogP contribution in [0.2, 0.25) is 0 Å². The summed E-state index contributed by atoms with van der Waals surface area (Å²) in [7, 11) is 0. The van der Waals surface area contributed by atoms with Crippen LogP contribution >= 0.6 is 0 Å². The summed E-state index contributed by atoms with van der Waals surface area (Å²) in [6.07, 6.45) is 4.96. The molecule has 0 aliphatic carbocycles. The van der Waals surface area contributed by atoms with Crippen LogP contribution < -0.4 is 0 Å². The van der Waals surface area contributed by atoms with E-state index in [1.165, 1.54) is 19.4 Å². The molecule has 2 atom stereocenters. The van der Waals surface area contributed by atoms with Crippen molar-refractivity contribution in [3.05, 3.63) is 11.6 Å². The molecular weight excluding hydrogens is 228 g/mol. The molecule has 3 rings (SSSR count). The van der Waals surface area contributed by atoms with E-state index in [1.54, 1.807) is 0 Å². The lowest BCUT2D eigenvalue weighted by atomic mass is 10.1. The van der Waals surface area contributed by atoms with E-state index in [-0.39, 0.29) is 6.10 Å². The van der Waals surface area contributed by atoms with E-state index in [2.05, 4.69) is 21.9 Å². The maximum Gasteiger partial charge on any atom is 0.152 e. The number of rotatable bonds is 3. The van der Waals surface area contributed by atoms with E-state index in [4.69, 9.17) is 0 Å². The molecule has 2 aliphatic rings. The molecule has 0 saturated carbocycles. The fourth-order valence-corrected chi connectivity index (χ4v) is 3.18. The van der Waals surface area contributed by atoms with Crippen molar-refractivity contribution < 1.29 is 5.11 Å². The van der Waals surface area contributed by atoms with Crippen molar-refractivity contribution in [1.82, 2.24) is 19.7 Å². The molecule has 5 nitrogen and oxygen atoms in total. The number of hydrogen-bond donors (Lipinski definition) is 1.